The van der Waals surface area contributed by atoms with Gasteiger partial charge < -0.3 is 14.9 Å². The van der Waals surface area contributed by atoms with E-state index in [0.29, 0.717) is 41.0 Å². The monoisotopic (exact) mass is 291 g/mol. The van der Waals surface area contributed by atoms with Crippen LogP contribution in [0.4, 0.5) is 0 Å². The van der Waals surface area contributed by atoms with Gasteiger partial charge in [-0.2, -0.15) is 0 Å². The van der Waals surface area contributed by atoms with Crippen molar-refractivity contribution in [1.29, 1.82) is 0 Å². The number of amides is 1. The summed E-state index contributed by atoms with van der Waals surface area (Å²) in [6.07, 6.45) is 0.629. The number of fused-ring (bicyclic) bond motifs is 1. The Morgan fingerprint density at radius 3 is 2.81 bits per heavy atom. The van der Waals surface area contributed by atoms with E-state index in [1.807, 2.05) is 20.8 Å². The summed E-state index contributed by atoms with van der Waals surface area (Å²) in [5, 5.41) is 16.5. The first kappa shape index (κ1) is 15.4. The molecule has 21 heavy (non-hydrogen) atoms. The lowest BCUT2D eigenvalue weighted by Gasteiger charge is -2.23. The van der Waals surface area contributed by atoms with Gasteiger partial charge >= 0.3 is 0 Å². The van der Waals surface area contributed by atoms with Gasteiger partial charge in [0.1, 0.15) is 0 Å². The molecule has 6 heteroatoms. The van der Waals surface area contributed by atoms with Crippen LogP contribution in [0.2, 0.25) is 0 Å². The third-order valence-corrected chi connectivity index (χ3v) is 3.51. The van der Waals surface area contributed by atoms with Gasteiger partial charge in [-0.15, -0.1) is 0 Å². The molecule has 0 atom stereocenters. The smallest absolute Gasteiger partial charge is 0.258 e. The van der Waals surface area contributed by atoms with Crippen molar-refractivity contribution in [1.82, 2.24) is 15.5 Å². The molecular formula is C15H21N3O3. The fourth-order valence-corrected chi connectivity index (χ4v) is 2.20. The number of nitrogens with one attached hydrogen (secondary N) is 1. The predicted octanol–water partition coefficient (Wildman–Crippen LogP) is 1.98. The normalized spacial score (nSPS) is 11.9. The highest BCUT2D eigenvalue weighted by Crippen LogP contribution is 2.23. The highest BCUT2D eigenvalue weighted by molar-refractivity contribution is 6.06. The van der Waals surface area contributed by atoms with Crippen molar-refractivity contribution in [2.24, 2.45) is 5.41 Å². The maximum Gasteiger partial charge on any atom is 0.258 e. The van der Waals surface area contributed by atoms with Crippen molar-refractivity contribution in [2.75, 3.05) is 13.2 Å². The lowest BCUT2D eigenvalue weighted by Crippen LogP contribution is -2.34. The van der Waals surface area contributed by atoms with Crippen molar-refractivity contribution in [3.63, 3.8) is 0 Å². The van der Waals surface area contributed by atoms with Crippen LogP contribution < -0.4 is 5.32 Å². The average Bonchev–Trinajstić information content (AvgIpc) is 2.76. The number of rotatable bonds is 5. The Morgan fingerprint density at radius 2 is 2.14 bits per heavy atom. The van der Waals surface area contributed by atoms with Crippen LogP contribution in [0.1, 0.15) is 42.0 Å². The minimum Gasteiger partial charge on any atom is -0.396 e. The van der Waals surface area contributed by atoms with Crippen LogP contribution in [0.25, 0.3) is 11.1 Å². The molecule has 114 valence electrons. The third kappa shape index (κ3) is 3.39. The highest BCUT2D eigenvalue weighted by atomic mass is 16.5. The second kappa shape index (κ2) is 5.81. The number of hydrogen-bond acceptors (Lipinski definition) is 5. The molecular weight excluding hydrogens is 270 g/mol. The molecule has 0 aliphatic carbocycles. The van der Waals surface area contributed by atoms with Gasteiger partial charge in [0.15, 0.2) is 0 Å². The van der Waals surface area contributed by atoms with Crippen LogP contribution in [0.3, 0.4) is 0 Å². The molecule has 2 heterocycles. The topological polar surface area (TPSA) is 88.2 Å². The number of aliphatic hydroxyl groups excluding tert-OH is 1. The summed E-state index contributed by atoms with van der Waals surface area (Å²) in [5.41, 5.74) is 2.11. The van der Waals surface area contributed by atoms with Crippen LogP contribution in [0.5, 0.6) is 0 Å². The minimum atomic E-state index is -0.178. The van der Waals surface area contributed by atoms with E-state index in [9.17, 15) is 4.79 Å². The van der Waals surface area contributed by atoms with Gasteiger partial charge in [-0.3, -0.25) is 4.79 Å². The van der Waals surface area contributed by atoms with Gasteiger partial charge in [-0.05, 0) is 31.7 Å². The summed E-state index contributed by atoms with van der Waals surface area (Å²) in [7, 11) is 0. The summed E-state index contributed by atoms with van der Waals surface area (Å²) in [6.45, 7) is 8.19. The van der Waals surface area contributed by atoms with E-state index in [1.54, 1.807) is 13.0 Å². The first-order chi connectivity index (χ1) is 9.84. The van der Waals surface area contributed by atoms with Crippen LogP contribution in [0.15, 0.2) is 10.6 Å². The number of aromatic nitrogens is 2. The summed E-state index contributed by atoms with van der Waals surface area (Å²) in [5.74, 6) is -0.178. The summed E-state index contributed by atoms with van der Waals surface area (Å²) >= 11 is 0. The molecule has 2 N–H and O–H groups in total. The van der Waals surface area contributed by atoms with Crippen molar-refractivity contribution in [2.45, 2.75) is 34.1 Å². The average molecular weight is 291 g/mol. The van der Waals surface area contributed by atoms with Gasteiger partial charge in [-0.1, -0.05) is 19.0 Å². The molecule has 2 aromatic rings. The van der Waals surface area contributed by atoms with Crippen molar-refractivity contribution in [3.05, 3.63) is 23.0 Å². The molecule has 0 saturated carbocycles. The summed E-state index contributed by atoms with van der Waals surface area (Å²) in [6, 6.07) is 1.74. The molecule has 2 rings (SSSR count). The number of pyridine rings is 1. The highest BCUT2D eigenvalue weighted by Gasteiger charge is 2.21. The van der Waals surface area contributed by atoms with Gasteiger partial charge in [0.25, 0.3) is 11.6 Å². The van der Waals surface area contributed by atoms with Crippen molar-refractivity contribution in [3.8, 4) is 0 Å². The van der Waals surface area contributed by atoms with E-state index in [4.69, 9.17) is 9.63 Å². The zero-order valence-corrected chi connectivity index (χ0v) is 12.9. The predicted molar refractivity (Wildman–Crippen MR) is 79.1 cm³/mol. The quantitative estimate of drug-likeness (QED) is 0.879. The summed E-state index contributed by atoms with van der Waals surface area (Å²) < 4.78 is 5.13. The Hall–Kier alpha value is -1.95. The second-order valence-electron chi connectivity index (χ2n) is 6.08. The maximum absolute atomic E-state index is 12.4. The van der Waals surface area contributed by atoms with E-state index >= 15 is 0 Å². The van der Waals surface area contributed by atoms with E-state index in [2.05, 4.69) is 15.5 Å². The summed E-state index contributed by atoms with van der Waals surface area (Å²) in [4.78, 5) is 16.7. The van der Waals surface area contributed by atoms with Gasteiger partial charge in [0, 0.05) is 18.8 Å². The number of aliphatic hydroxyl groups is 1. The number of hydrogen-bond donors (Lipinski definition) is 2. The maximum atomic E-state index is 12.4. The van der Waals surface area contributed by atoms with Crippen molar-refractivity contribution >= 4 is 17.0 Å². The molecule has 6 nitrogen and oxygen atoms in total. The molecule has 0 spiro atoms. The Kier molecular flexibility index (Phi) is 4.27. The molecule has 0 aliphatic heterocycles. The molecule has 0 bridgehead atoms. The number of carbonyl (C=O) groups excluding carboxylic acids is 1. The van der Waals surface area contributed by atoms with E-state index in [1.165, 1.54) is 0 Å². The number of aryl methyl sites for hydroxylation is 2. The van der Waals surface area contributed by atoms with Crippen molar-refractivity contribution < 1.29 is 14.4 Å². The Morgan fingerprint density at radius 1 is 1.43 bits per heavy atom. The Labute approximate surface area is 123 Å². The Bertz CT molecular complexity index is 661. The molecule has 2 aromatic heterocycles. The molecule has 1 amide bonds. The van der Waals surface area contributed by atoms with Crippen LogP contribution in [0, 0.1) is 19.3 Å². The zero-order chi connectivity index (χ0) is 15.6. The van der Waals surface area contributed by atoms with Crippen LogP contribution in [-0.2, 0) is 0 Å². The first-order valence-corrected chi connectivity index (χ1v) is 6.97. The SMILES string of the molecule is Cc1cc(C(=O)NCC(C)(C)CCO)c2c(C)noc2n1. The molecule has 0 aliphatic rings. The first-order valence-electron chi connectivity index (χ1n) is 6.97. The number of carbonyl (C=O) groups is 1. The zero-order valence-electron chi connectivity index (χ0n) is 12.9. The fraction of sp³-hybridized carbons (Fsp3) is 0.533. The van der Waals surface area contributed by atoms with E-state index in [0.717, 1.165) is 0 Å². The van der Waals surface area contributed by atoms with Gasteiger partial charge in [-0.25, -0.2) is 4.98 Å². The van der Waals surface area contributed by atoms with Gasteiger partial charge in [0.2, 0.25) is 0 Å². The molecule has 0 fully saturated rings. The Balaban J connectivity index is 2.25. The standard InChI is InChI=1S/C15H21N3O3/c1-9-7-11(12-10(2)18-21-14(12)17-9)13(20)16-8-15(3,4)5-6-19/h7,19H,5-6,8H2,1-4H3,(H,16,20). The minimum absolute atomic E-state index is 0.103. The largest absolute Gasteiger partial charge is 0.396 e. The lowest BCUT2D eigenvalue weighted by atomic mass is 9.89. The van der Waals surface area contributed by atoms with E-state index in [-0.39, 0.29) is 17.9 Å². The second-order valence-corrected chi connectivity index (χ2v) is 6.08. The van der Waals surface area contributed by atoms with Crippen LogP contribution in [-0.4, -0.2) is 34.3 Å². The van der Waals surface area contributed by atoms with Crippen LogP contribution >= 0.6 is 0 Å². The fourth-order valence-electron chi connectivity index (χ4n) is 2.20. The molecule has 0 saturated heterocycles. The van der Waals surface area contributed by atoms with Gasteiger partial charge in [0.05, 0.1) is 16.6 Å². The number of nitrogens with zero attached hydrogens (tertiary/aromatic N) is 2. The van der Waals surface area contributed by atoms with E-state index < -0.39 is 0 Å². The third-order valence-electron chi connectivity index (χ3n) is 3.51. The molecule has 0 radical (unpaired) electrons. The molecule has 0 unspecified atom stereocenters. The molecule has 0 aromatic carbocycles. The lowest BCUT2D eigenvalue weighted by molar-refractivity contribution is 0.0929.